The Hall–Kier alpha value is -2.12. The van der Waals surface area contributed by atoms with Crippen LogP contribution in [0.2, 0.25) is 0 Å². The fraction of sp³-hybridized carbons (Fsp3) is 0.600. The molecule has 2 amide bonds. The zero-order chi connectivity index (χ0) is 13.7. The Morgan fingerprint density at radius 1 is 0.889 bits per heavy atom. The molecule has 0 saturated carbocycles. The molecular formula is C10H14N2O6. The van der Waals surface area contributed by atoms with Crippen molar-refractivity contribution in [3.63, 3.8) is 0 Å². The van der Waals surface area contributed by atoms with Gasteiger partial charge in [-0.15, -0.1) is 0 Å². The maximum atomic E-state index is 10.4. The van der Waals surface area contributed by atoms with Crippen LogP contribution in [0.15, 0.2) is 0 Å². The summed E-state index contributed by atoms with van der Waals surface area (Å²) in [6.45, 7) is 0. The van der Waals surface area contributed by atoms with Gasteiger partial charge in [0.2, 0.25) is 11.8 Å². The summed E-state index contributed by atoms with van der Waals surface area (Å²) < 4.78 is 0. The number of hydrogen-bond acceptors (Lipinski definition) is 4. The van der Waals surface area contributed by atoms with E-state index in [-0.39, 0.29) is 11.8 Å². The quantitative estimate of drug-likeness (QED) is 0.486. The van der Waals surface area contributed by atoms with Gasteiger partial charge in [-0.3, -0.25) is 9.59 Å². The summed E-state index contributed by atoms with van der Waals surface area (Å²) in [7, 11) is 0. The Balaban J connectivity index is 0.000000180. The molecule has 100 valence electrons. The monoisotopic (exact) mass is 258 g/mol. The standard InChI is InChI=1S/2C5H7NO3/c2*7-4-2-1-3(6-4)5(8)9/h2*3H,1-2H2,(H,6,7)(H,8,9)/t3-;/m1./s1. The van der Waals surface area contributed by atoms with Crippen LogP contribution in [-0.2, 0) is 19.2 Å². The summed E-state index contributed by atoms with van der Waals surface area (Å²) in [5.74, 6) is -2.22. The third kappa shape index (κ3) is 4.04. The molecule has 1 unspecified atom stereocenters. The van der Waals surface area contributed by atoms with E-state index < -0.39 is 24.0 Å². The normalized spacial score (nSPS) is 25.8. The van der Waals surface area contributed by atoms with Crippen molar-refractivity contribution in [3.05, 3.63) is 0 Å². The van der Waals surface area contributed by atoms with Crippen molar-refractivity contribution in [1.82, 2.24) is 10.6 Å². The van der Waals surface area contributed by atoms with Crippen LogP contribution >= 0.6 is 0 Å². The van der Waals surface area contributed by atoms with Crippen molar-refractivity contribution in [3.8, 4) is 0 Å². The molecule has 8 heteroatoms. The van der Waals surface area contributed by atoms with Gasteiger partial charge in [-0.05, 0) is 12.8 Å². The second-order valence-electron chi connectivity index (χ2n) is 3.99. The number of rotatable bonds is 2. The summed E-state index contributed by atoms with van der Waals surface area (Å²) in [6.07, 6.45) is 1.54. The first-order valence-corrected chi connectivity index (χ1v) is 5.44. The van der Waals surface area contributed by atoms with E-state index in [1.54, 1.807) is 0 Å². The molecule has 0 aliphatic carbocycles. The molecule has 8 nitrogen and oxygen atoms in total. The van der Waals surface area contributed by atoms with Gasteiger partial charge >= 0.3 is 11.9 Å². The number of hydrogen-bond donors (Lipinski definition) is 4. The van der Waals surface area contributed by atoms with Crippen LogP contribution in [0.25, 0.3) is 0 Å². The molecule has 2 saturated heterocycles. The lowest BCUT2D eigenvalue weighted by molar-refractivity contribution is -0.140. The summed E-state index contributed by atoms with van der Waals surface area (Å²) in [5, 5.41) is 21.3. The smallest absolute Gasteiger partial charge is 0.326 e. The highest BCUT2D eigenvalue weighted by atomic mass is 16.4. The van der Waals surface area contributed by atoms with E-state index in [9.17, 15) is 19.2 Å². The molecule has 0 radical (unpaired) electrons. The average Bonchev–Trinajstić information content (AvgIpc) is 2.88. The van der Waals surface area contributed by atoms with E-state index in [0.717, 1.165) is 0 Å². The minimum absolute atomic E-state index is 0.164. The van der Waals surface area contributed by atoms with E-state index in [1.165, 1.54) is 0 Å². The fourth-order valence-corrected chi connectivity index (χ4v) is 1.60. The predicted octanol–water partition coefficient (Wildman–Crippen LogP) is -1.30. The first kappa shape index (κ1) is 13.9. The molecule has 2 aliphatic rings. The van der Waals surface area contributed by atoms with Gasteiger partial charge in [0.1, 0.15) is 12.1 Å². The molecule has 0 spiro atoms. The van der Waals surface area contributed by atoms with Crippen molar-refractivity contribution < 1.29 is 29.4 Å². The first-order chi connectivity index (χ1) is 8.40. The van der Waals surface area contributed by atoms with Gasteiger partial charge in [0.05, 0.1) is 0 Å². The largest absolute Gasteiger partial charge is 0.480 e. The number of carboxylic acids is 2. The summed E-state index contributed by atoms with van der Waals surface area (Å²) >= 11 is 0. The molecule has 0 aromatic rings. The molecule has 18 heavy (non-hydrogen) atoms. The molecule has 0 aromatic carbocycles. The van der Waals surface area contributed by atoms with E-state index >= 15 is 0 Å². The Morgan fingerprint density at radius 2 is 1.22 bits per heavy atom. The zero-order valence-corrected chi connectivity index (χ0v) is 9.51. The van der Waals surface area contributed by atoms with Crippen molar-refractivity contribution in [2.45, 2.75) is 37.8 Å². The Labute approximate surface area is 102 Å². The van der Waals surface area contributed by atoms with E-state index in [2.05, 4.69) is 10.6 Å². The molecule has 2 atom stereocenters. The number of carboxylic acid groups (broad SMARTS) is 2. The van der Waals surface area contributed by atoms with Crippen molar-refractivity contribution >= 4 is 23.8 Å². The van der Waals surface area contributed by atoms with Gasteiger partial charge < -0.3 is 20.8 Å². The SMILES string of the molecule is O=C1CCC(C(=O)O)N1.O=C1CC[C@H](C(=O)O)N1. The molecule has 2 fully saturated rings. The molecule has 0 bridgehead atoms. The topological polar surface area (TPSA) is 133 Å². The highest BCUT2D eigenvalue weighted by molar-refractivity contribution is 5.87. The maximum absolute atomic E-state index is 10.4. The fourth-order valence-electron chi connectivity index (χ4n) is 1.60. The molecule has 2 heterocycles. The van der Waals surface area contributed by atoms with Gasteiger partial charge in [-0.2, -0.15) is 0 Å². The van der Waals surface area contributed by atoms with Crippen LogP contribution in [0.1, 0.15) is 25.7 Å². The van der Waals surface area contributed by atoms with Gasteiger partial charge in [0.15, 0.2) is 0 Å². The first-order valence-electron chi connectivity index (χ1n) is 5.44. The third-order valence-corrected chi connectivity index (χ3v) is 2.59. The predicted molar refractivity (Wildman–Crippen MR) is 57.6 cm³/mol. The van der Waals surface area contributed by atoms with Gasteiger partial charge in [-0.1, -0.05) is 0 Å². The van der Waals surface area contributed by atoms with E-state index in [0.29, 0.717) is 25.7 Å². The Kier molecular flexibility index (Phi) is 4.64. The minimum Gasteiger partial charge on any atom is -0.480 e. The number of carbonyl (C=O) groups is 4. The van der Waals surface area contributed by atoms with Crippen LogP contribution in [0.3, 0.4) is 0 Å². The summed E-state index contributed by atoms with van der Waals surface area (Å²) in [6, 6.07) is -1.28. The van der Waals surface area contributed by atoms with Crippen LogP contribution in [0, 0.1) is 0 Å². The maximum Gasteiger partial charge on any atom is 0.326 e. The lowest BCUT2D eigenvalue weighted by Gasteiger charge is -1.99. The van der Waals surface area contributed by atoms with E-state index in [1.807, 2.05) is 0 Å². The van der Waals surface area contributed by atoms with Crippen LogP contribution < -0.4 is 10.6 Å². The molecule has 4 N–H and O–H groups in total. The van der Waals surface area contributed by atoms with Gasteiger partial charge in [0, 0.05) is 12.8 Å². The number of amides is 2. The number of carbonyl (C=O) groups excluding carboxylic acids is 2. The second-order valence-corrected chi connectivity index (χ2v) is 3.99. The number of aliphatic carboxylic acids is 2. The molecule has 0 aromatic heterocycles. The van der Waals surface area contributed by atoms with Crippen LogP contribution in [-0.4, -0.2) is 46.0 Å². The summed E-state index contributed by atoms with van der Waals surface area (Å²) in [5.41, 5.74) is 0. The van der Waals surface area contributed by atoms with Crippen LogP contribution in [0.4, 0.5) is 0 Å². The molecule has 2 aliphatic heterocycles. The highest BCUT2D eigenvalue weighted by Crippen LogP contribution is 2.05. The van der Waals surface area contributed by atoms with Gasteiger partial charge in [0.25, 0.3) is 0 Å². The average molecular weight is 258 g/mol. The number of nitrogens with one attached hydrogen (secondary N) is 2. The lowest BCUT2D eigenvalue weighted by atomic mass is 10.2. The minimum atomic E-state index is -0.944. The highest BCUT2D eigenvalue weighted by Gasteiger charge is 2.26. The van der Waals surface area contributed by atoms with Crippen molar-refractivity contribution in [2.75, 3.05) is 0 Å². The second kappa shape index (κ2) is 5.99. The van der Waals surface area contributed by atoms with Crippen LogP contribution in [0.5, 0.6) is 0 Å². The van der Waals surface area contributed by atoms with Crippen molar-refractivity contribution in [2.24, 2.45) is 0 Å². The zero-order valence-electron chi connectivity index (χ0n) is 9.51. The molecular weight excluding hydrogens is 244 g/mol. The Morgan fingerprint density at radius 3 is 1.33 bits per heavy atom. The Bertz CT molecular complexity index is 345. The third-order valence-electron chi connectivity index (χ3n) is 2.59. The van der Waals surface area contributed by atoms with Crippen molar-refractivity contribution in [1.29, 1.82) is 0 Å². The summed E-state index contributed by atoms with van der Waals surface area (Å²) in [4.78, 5) is 41.0. The van der Waals surface area contributed by atoms with Gasteiger partial charge in [-0.25, -0.2) is 9.59 Å². The molecule has 2 rings (SSSR count). The van der Waals surface area contributed by atoms with E-state index in [4.69, 9.17) is 10.2 Å². The lowest BCUT2D eigenvalue weighted by Crippen LogP contribution is -2.32.